The molecule has 21 heavy (non-hydrogen) atoms. The first-order chi connectivity index (χ1) is 10.2. The summed E-state index contributed by atoms with van der Waals surface area (Å²) in [7, 11) is 1.89. The van der Waals surface area contributed by atoms with Gasteiger partial charge >= 0.3 is 0 Å². The van der Waals surface area contributed by atoms with Crippen molar-refractivity contribution in [2.75, 3.05) is 26.7 Å². The number of fused-ring (bicyclic) bond motifs is 1. The second kappa shape index (κ2) is 7.63. The van der Waals surface area contributed by atoms with Crippen molar-refractivity contribution in [1.82, 2.24) is 4.90 Å². The summed E-state index contributed by atoms with van der Waals surface area (Å²) in [6.45, 7) is 1.39. The molecule has 1 N–H and O–H groups in total. The Morgan fingerprint density at radius 1 is 1.24 bits per heavy atom. The number of nitriles is 1. The van der Waals surface area contributed by atoms with Gasteiger partial charge in [-0.3, -0.25) is 0 Å². The Balaban J connectivity index is 1.91. The van der Waals surface area contributed by atoms with Gasteiger partial charge in [-0.25, -0.2) is 0 Å². The Hall–Kier alpha value is -2.09. The van der Waals surface area contributed by atoms with Gasteiger partial charge in [-0.05, 0) is 18.5 Å². The lowest BCUT2D eigenvalue weighted by atomic mass is 10.1. The molecule has 0 aliphatic carbocycles. The van der Waals surface area contributed by atoms with Gasteiger partial charge in [-0.15, -0.1) is 0 Å². The molecule has 0 heterocycles. The molecule has 0 saturated heterocycles. The van der Waals surface area contributed by atoms with Gasteiger partial charge in [-0.2, -0.15) is 5.26 Å². The minimum Gasteiger partial charge on any atom is -0.490 e. The first kappa shape index (κ1) is 15.3. The normalized spacial score (nSPS) is 12.3. The van der Waals surface area contributed by atoms with Gasteiger partial charge in [0.2, 0.25) is 0 Å². The molecule has 110 valence electrons. The van der Waals surface area contributed by atoms with Gasteiger partial charge in [-0.1, -0.05) is 36.4 Å². The van der Waals surface area contributed by atoms with Crippen LogP contribution in [0.25, 0.3) is 10.8 Å². The van der Waals surface area contributed by atoms with Crippen LogP contribution in [0.3, 0.4) is 0 Å². The second-order valence-corrected chi connectivity index (χ2v) is 5.11. The molecule has 0 amide bonds. The number of hydrogen-bond acceptors (Lipinski definition) is 4. The zero-order valence-corrected chi connectivity index (χ0v) is 12.2. The quantitative estimate of drug-likeness (QED) is 0.848. The first-order valence-corrected chi connectivity index (χ1v) is 7.05. The van der Waals surface area contributed by atoms with Crippen LogP contribution in [0.2, 0.25) is 0 Å². The van der Waals surface area contributed by atoms with E-state index in [9.17, 15) is 5.11 Å². The number of benzene rings is 2. The van der Waals surface area contributed by atoms with Gasteiger partial charge < -0.3 is 14.7 Å². The van der Waals surface area contributed by atoms with Gasteiger partial charge in [0.25, 0.3) is 0 Å². The average Bonchev–Trinajstić information content (AvgIpc) is 2.51. The lowest BCUT2D eigenvalue weighted by Crippen LogP contribution is -2.33. The summed E-state index contributed by atoms with van der Waals surface area (Å²) in [6.07, 6.45) is -0.111. The van der Waals surface area contributed by atoms with Crippen LogP contribution >= 0.6 is 0 Å². The number of likely N-dealkylation sites (N-methyl/N-ethyl adjacent to an activating group) is 1. The molecule has 1 unspecified atom stereocenters. The van der Waals surface area contributed by atoms with Gasteiger partial charge in [0, 0.05) is 24.9 Å². The van der Waals surface area contributed by atoms with Gasteiger partial charge in [0.15, 0.2) is 0 Å². The van der Waals surface area contributed by atoms with Crippen molar-refractivity contribution in [3.05, 3.63) is 42.5 Å². The molecule has 0 spiro atoms. The van der Waals surface area contributed by atoms with Crippen LogP contribution in [-0.2, 0) is 0 Å². The Labute approximate surface area is 125 Å². The molecule has 0 fully saturated rings. The van der Waals surface area contributed by atoms with E-state index in [1.807, 2.05) is 54.4 Å². The van der Waals surface area contributed by atoms with Crippen molar-refractivity contribution in [3.63, 3.8) is 0 Å². The largest absolute Gasteiger partial charge is 0.490 e. The van der Waals surface area contributed by atoms with Gasteiger partial charge in [0.05, 0.1) is 6.07 Å². The van der Waals surface area contributed by atoms with Crippen molar-refractivity contribution in [2.24, 2.45) is 0 Å². The van der Waals surface area contributed by atoms with Crippen LogP contribution in [0.15, 0.2) is 42.5 Å². The third-order valence-corrected chi connectivity index (χ3v) is 3.31. The van der Waals surface area contributed by atoms with Crippen molar-refractivity contribution >= 4 is 10.8 Å². The van der Waals surface area contributed by atoms with E-state index in [4.69, 9.17) is 10.00 Å². The molecule has 4 heteroatoms. The van der Waals surface area contributed by atoms with Crippen LogP contribution in [-0.4, -0.2) is 42.9 Å². The highest BCUT2D eigenvalue weighted by Gasteiger charge is 2.10. The third-order valence-electron chi connectivity index (χ3n) is 3.31. The lowest BCUT2D eigenvalue weighted by molar-refractivity contribution is 0.0776. The third kappa shape index (κ3) is 4.45. The van der Waals surface area contributed by atoms with Crippen molar-refractivity contribution in [3.8, 4) is 11.8 Å². The van der Waals surface area contributed by atoms with Crippen molar-refractivity contribution in [2.45, 2.75) is 12.5 Å². The van der Waals surface area contributed by atoms with E-state index in [-0.39, 0.29) is 6.61 Å². The Morgan fingerprint density at radius 3 is 2.81 bits per heavy atom. The molecule has 1 atom stereocenters. The molecule has 0 aliphatic heterocycles. The fraction of sp³-hybridized carbons (Fsp3) is 0.353. The van der Waals surface area contributed by atoms with E-state index in [1.54, 1.807) is 0 Å². The summed E-state index contributed by atoms with van der Waals surface area (Å²) < 4.78 is 5.74. The molecule has 0 aromatic heterocycles. The number of nitrogens with zero attached hydrogens (tertiary/aromatic N) is 2. The topological polar surface area (TPSA) is 56.5 Å². The highest BCUT2D eigenvalue weighted by Crippen LogP contribution is 2.25. The van der Waals surface area contributed by atoms with Crippen LogP contribution < -0.4 is 4.74 Å². The molecule has 0 aliphatic rings. The highest BCUT2D eigenvalue weighted by molar-refractivity contribution is 5.88. The van der Waals surface area contributed by atoms with Crippen LogP contribution in [0, 0.1) is 11.3 Å². The molecular formula is C17H20N2O2. The maximum Gasteiger partial charge on any atom is 0.127 e. The highest BCUT2D eigenvalue weighted by atomic mass is 16.5. The number of aliphatic hydroxyl groups excluding tert-OH is 1. The Kier molecular flexibility index (Phi) is 5.56. The Morgan fingerprint density at radius 2 is 2.00 bits per heavy atom. The van der Waals surface area contributed by atoms with Crippen LogP contribution in [0.5, 0.6) is 5.75 Å². The van der Waals surface area contributed by atoms with Crippen molar-refractivity contribution < 1.29 is 9.84 Å². The molecule has 2 rings (SSSR count). The first-order valence-electron chi connectivity index (χ1n) is 7.05. The minimum absolute atomic E-state index is 0.241. The lowest BCUT2D eigenvalue weighted by Gasteiger charge is -2.20. The maximum atomic E-state index is 10.0. The van der Waals surface area contributed by atoms with Crippen LogP contribution in [0.1, 0.15) is 6.42 Å². The maximum absolute atomic E-state index is 10.0. The number of rotatable bonds is 7. The summed E-state index contributed by atoms with van der Waals surface area (Å²) >= 11 is 0. The molecule has 2 aromatic rings. The second-order valence-electron chi connectivity index (χ2n) is 5.11. The van der Waals surface area contributed by atoms with Crippen molar-refractivity contribution in [1.29, 1.82) is 5.26 Å². The Bertz CT molecular complexity index is 616. The predicted molar refractivity (Wildman–Crippen MR) is 83.2 cm³/mol. The number of hydrogen-bond donors (Lipinski definition) is 1. The number of aliphatic hydroxyl groups is 1. The monoisotopic (exact) mass is 284 g/mol. The standard InChI is InChI=1S/C17H20N2O2/c1-19(11-5-10-18)12-15(20)13-21-17-9-4-7-14-6-2-3-8-16(14)17/h2-4,6-9,15,20H,5,11-13H2,1H3. The molecule has 0 saturated carbocycles. The summed E-state index contributed by atoms with van der Waals surface area (Å²) in [4.78, 5) is 1.93. The molecule has 0 radical (unpaired) electrons. The van der Waals surface area contributed by atoms with E-state index in [2.05, 4.69) is 6.07 Å². The van der Waals surface area contributed by atoms with E-state index >= 15 is 0 Å². The molecule has 2 aromatic carbocycles. The van der Waals surface area contributed by atoms with E-state index in [0.717, 1.165) is 16.5 Å². The molecule has 4 nitrogen and oxygen atoms in total. The summed E-state index contributed by atoms with van der Waals surface area (Å²) in [5.74, 6) is 0.784. The summed E-state index contributed by atoms with van der Waals surface area (Å²) in [6, 6.07) is 16.0. The molecule has 0 bridgehead atoms. The zero-order valence-electron chi connectivity index (χ0n) is 12.2. The number of ether oxygens (including phenoxy) is 1. The van der Waals surface area contributed by atoms with E-state index < -0.39 is 6.10 Å². The summed E-state index contributed by atoms with van der Waals surface area (Å²) in [5, 5.41) is 20.7. The van der Waals surface area contributed by atoms with Crippen LogP contribution in [0.4, 0.5) is 0 Å². The van der Waals surface area contributed by atoms with E-state index in [1.165, 1.54) is 0 Å². The minimum atomic E-state index is -0.576. The fourth-order valence-electron chi connectivity index (χ4n) is 2.25. The van der Waals surface area contributed by atoms with E-state index in [0.29, 0.717) is 19.5 Å². The smallest absolute Gasteiger partial charge is 0.127 e. The molecular weight excluding hydrogens is 264 g/mol. The zero-order chi connectivity index (χ0) is 15.1. The van der Waals surface area contributed by atoms with Gasteiger partial charge in [0.1, 0.15) is 18.5 Å². The predicted octanol–water partition coefficient (Wildman–Crippen LogP) is 2.42. The SMILES string of the molecule is CN(CCC#N)CC(O)COc1cccc2ccccc12. The fourth-order valence-corrected chi connectivity index (χ4v) is 2.25. The average molecular weight is 284 g/mol. The summed E-state index contributed by atoms with van der Waals surface area (Å²) in [5.41, 5.74) is 0.